The SMILES string of the molecule is O[C@H]1CCc2cccc(Nc3cc(-c4ccc(C(F)(F)F)cc4OCCc4ccc(F)cc4)ncn3)c2C1. The van der Waals surface area contributed by atoms with Crippen LogP contribution in [0, 0.1) is 5.82 Å². The Kier molecular flexibility index (Phi) is 7.28. The highest BCUT2D eigenvalue weighted by molar-refractivity contribution is 5.72. The van der Waals surface area contributed by atoms with Gasteiger partial charge in [0.2, 0.25) is 0 Å². The first-order valence-electron chi connectivity index (χ1n) is 12.2. The number of hydrogen-bond acceptors (Lipinski definition) is 5. The summed E-state index contributed by atoms with van der Waals surface area (Å²) in [6.45, 7) is 0.0919. The van der Waals surface area contributed by atoms with Crippen molar-refractivity contribution in [1.82, 2.24) is 9.97 Å². The van der Waals surface area contributed by atoms with E-state index in [1.165, 1.54) is 24.5 Å². The summed E-state index contributed by atoms with van der Waals surface area (Å²) in [6, 6.07) is 16.7. The highest BCUT2D eigenvalue weighted by Gasteiger charge is 2.31. The molecular formula is C29H25F4N3O2. The standard InChI is InChI=1S/C29H25F4N3O2/c30-21-8-4-18(5-9-21)12-13-38-27-14-20(29(31,32)33)7-11-23(27)26-16-28(35-17-34-26)36-25-3-1-2-19-6-10-22(37)15-24(19)25/h1-5,7-9,11,14,16-17,22,37H,6,10,12-13,15H2,(H,34,35,36)/t22-/m0/s1. The smallest absolute Gasteiger partial charge is 0.416 e. The Hall–Kier alpha value is -3.98. The molecule has 0 amide bonds. The molecule has 196 valence electrons. The fraction of sp³-hybridized carbons (Fsp3) is 0.241. The van der Waals surface area contributed by atoms with Gasteiger partial charge in [-0.2, -0.15) is 13.2 Å². The van der Waals surface area contributed by atoms with Crippen molar-refractivity contribution in [3.05, 3.63) is 101 Å². The van der Waals surface area contributed by atoms with Crippen LogP contribution in [0.25, 0.3) is 11.3 Å². The highest BCUT2D eigenvalue weighted by Crippen LogP contribution is 2.37. The van der Waals surface area contributed by atoms with Crippen LogP contribution in [-0.4, -0.2) is 27.8 Å². The van der Waals surface area contributed by atoms with Crippen LogP contribution in [0.4, 0.5) is 29.1 Å². The van der Waals surface area contributed by atoms with E-state index in [-0.39, 0.29) is 18.2 Å². The van der Waals surface area contributed by atoms with Crippen LogP contribution < -0.4 is 10.1 Å². The number of aliphatic hydroxyl groups excluding tert-OH is 1. The molecule has 1 atom stereocenters. The summed E-state index contributed by atoms with van der Waals surface area (Å²) in [4.78, 5) is 8.57. The van der Waals surface area contributed by atoms with Crippen molar-refractivity contribution in [3.63, 3.8) is 0 Å². The minimum Gasteiger partial charge on any atom is -0.493 e. The Morgan fingerprint density at radius 2 is 1.82 bits per heavy atom. The molecule has 2 N–H and O–H groups in total. The molecule has 1 heterocycles. The Morgan fingerprint density at radius 3 is 2.61 bits per heavy atom. The molecule has 0 aliphatic heterocycles. The zero-order valence-corrected chi connectivity index (χ0v) is 20.3. The van der Waals surface area contributed by atoms with Gasteiger partial charge in [0.25, 0.3) is 0 Å². The first-order valence-corrected chi connectivity index (χ1v) is 12.2. The third-order valence-corrected chi connectivity index (χ3v) is 6.54. The molecule has 0 saturated carbocycles. The van der Waals surface area contributed by atoms with E-state index in [1.54, 1.807) is 18.2 Å². The van der Waals surface area contributed by atoms with Gasteiger partial charge in [-0.3, -0.25) is 0 Å². The Bertz CT molecular complexity index is 1420. The lowest BCUT2D eigenvalue weighted by Gasteiger charge is -2.23. The molecule has 1 aliphatic carbocycles. The molecule has 5 rings (SSSR count). The van der Waals surface area contributed by atoms with Crippen molar-refractivity contribution in [2.24, 2.45) is 0 Å². The number of alkyl halides is 3. The van der Waals surface area contributed by atoms with E-state index in [1.807, 2.05) is 18.2 Å². The van der Waals surface area contributed by atoms with Crippen molar-refractivity contribution < 1.29 is 27.4 Å². The Morgan fingerprint density at radius 1 is 1.00 bits per heavy atom. The number of nitrogens with one attached hydrogen (secondary N) is 1. The minimum atomic E-state index is -4.54. The lowest BCUT2D eigenvalue weighted by atomic mass is 9.88. The molecule has 0 unspecified atom stereocenters. The van der Waals surface area contributed by atoms with Crippen LogP contribution >= 0.6 is 0 Å². The lowest BCUT2D eigenvalue weighted by molar-refractivity contribution is -0.137. The molecule has 0 bridgehead atoms. The van der Waals surface area contributed by atoms with Crippen LogP contribution in [0.1, 0.15) is 28.7 Å². The predicted molar refractivity (Wildman–Crippen MR) is 136 cm³/mol. The number of fused-ring (bicyclic) bond motifs is 1. The van der Waals surface area contributed by atoms with Gasteiger partial charge in [0.15, 0.2) is 0 Å². The number of rotatable bonds is 7. The molecule has 0 spiro atoms. The average Bonchev–Trinajstić information content (AvgIpc) is 2.90. The number of aliphatic hydroxyl groups is 1. The summed E-state index contributed by atoms with van der Waals surface area (Å²) in [5, 5.41) is 13.4. The third kappa shape index (κ3) is 5.94. The number of halogens is 4. The van der Waals surface area contributed by atoms with Gasteiger partial charge in [0, 0.05) is 30.2 Å². The van der Waals surface area contributed by atoms with E-state index in [2.05, 4.69) is 15.3 Å². The largest absolute Gasteiger partial charge is 0.493 e. The fourth-order valence-corrected chi connectivity index (χ4v) is 4.56. The van der Waals surface area contributed by atoms with Crippen molar-refractivity contribution >= 4 is 11.5 Å². The molecule has 9 heteroatoms. The maximum Gasteiger partial charge on any atom is 0.416 e. The van der Waals surface area contributed by atoms with Gasteiger partial charge in [-0.1, -0.05) is 24.3 Å². The zero-order chi connectivity index (χ0) is 26.7. The van der Waals surface area contributed by atoms with Crippen LogP contribution in [0.3, 0.4) is 0 Å². The minimum absolute atomic E-state index is 0.0341. The van der Waals surface area contributed by atoms with Crippen molar-refractivity contribution in [1.29, 1.82) is 0 Å². The molecule has 0 saturated heterocycles. The maximum absolute atomic E-state index is 13.5. The van der Waals surface area contributed by atoms with Gasteiger partial charge in [0.1, 0.15) is 23.7 Å². The van der Waals surface area contributed by atoms with E-state index < -0.39 is 17.8 Å². The quantitative estimate of drug-likeness (QED) is 0.270. The molecule has 0 radical (unpaired) electrons. The molecule has 5 nitrogen and oxygen atoms in total. The van der Waals surface area contributed by atoms with Crippen molar-refractivity contribution in [2.75, 3.05) is 11.9 Å². The number of aromatic nitrogens is 2. The first kappa shape index (κ1) is 25.7. The van der Waals surface area contributed by atoms with E-state index in [0.29, 0.717) is 36.3 Å². The third-order valence-electron chi connectivity index (χ3n) is 6.54. The number of nitrogens with zero attached hydrogens (tertiary/aromatic N) is 2. The first-order chi connectivity index (χ1) is 18.3. The highest BCUT2D eigenvalue weighted by atomic mass is 19.4. The lowest BCUT2D eigenvalue weighted by Crippen LogP contribution is -2.19. The van der Waals surface area contributed by atoms with Crippen LogP contribution in [0.15, 0.2) is 73.1 Å². The van der Waals surface area contributed by atoms with Gasteiger partial charge < -0.3 is 15.2 Å². The summed E-state index contributed by atoms with van der Waals surface area (Å²) < 4.78 is 59.3. The van der Waals surface area contributed by atoms with Gasteiger partial charge in [-0.15, -0.1) is 0 Å². The van der Waals surface area contributed by atoms with Gasteiger partial charge >= 0.3 is 6.18 Å². The predicted octanol–water partition coefficient (Wildman–Crippen LogP) is 6.52. The molecule has 38 heavy (non-hydrogen) atoms. The normalized spacial score (nSPS) is 15.1. The Balaban J connectivity index is 1.42. The molecule has 3 aromatic carbocycles. The fourth-order valence-electron chi connectivity index (χ4n) is 4.56. The van der Waals surface area contributed by atoms with Gasteiger partial charge in [-0.25, -0.2) is 14.4 Å². The summed E-state index contributed by atoms with van der Waals surface area (Å²) >= 11 is 0. The molecule has 1 aromatic heterocycles. The molecule has 0 fully saturated rings. The van der Waals surface area contributed by atoms with Crippen LogP contribution in [0.2, 0.25) is 0 Å². The van der Waals surface area contributed by atoms with Crippen LogP contribution in [-0.2, 0) is 25.4 Å². The second kappa shape index (κ2) is 10.8. The monoisotopic (exact) mass is 523 g/mol. The number of benzene rings is 3. The van der Waals surface area contributed by atoms with Gasteiger partial charge in [0.05, 0.1) is 24.0 Å². The summed E-state index contributed by atoms with van der Waals surface area (Å²) in [5.74, 6) is 0.127. The molecular weight excluding hydrogens is 498 g/mol. The van der Waals surface area contributed by atoms with E-state index in [0.717, 1.165) is 40.9 Å². The Labute approximate surface area is 217 Å². The van der Waals surface area contributed by atoms with Gasteiger partial charge in [-0.05, 0) is 65.9 Å². The zero-order valence-electron chi connectivity index (χ0n) is 20.3. The summed E-state index contributed by atoms with van der Waals surface area (Å²) in [7, 11) is 0. The number of ether oxygens (including phenoxy) is 1. The van der Waals surface area contributed by atoms with E-state index in [9.17, 15) is 22.7 Å². The molecule has 1 aliphatic rings. The second-order valence-electron chi connectivity index (χ2n) is 9.19. The molecule has 4 aromatic rings. The second-order valence-corrected chi connectivity index (χ2v) is 9.19. The number of anilines is 2. The van der Waals surface area contributed by atoms with Crippen molar-refractivity contribution in [3.8, 4) is 17.0 Å². The van der Waals surface area contributed by atoms with E-state index in [4.69, 9.17) is 4.74 Å². The average molecular weight is 524 g/mol. The topological polar surface area (TPSA) is 67.3 Å². The summed E-state index contributed by atoms with van der Waals surface area (Å²) in [6.07, 6.45) is -1.20. The van der Waals surface area contributed by atoms with Crippen LogP contribution in [0.5, 0.6) is 5.75 Å². The number of hydrogen-bond donors (Lipinski definition) is 2. The number of aryl methyl sites for hydroxylation is 1. The maximum atomic E-state index is 13.5. The summed E-state index contributed by atoms with van der Waals surface area (Å²) in [5.41, 5.74) is 3.73. The van der Waals surface area contributed by atoms with E-state index >= 15 is 0 Å². The van der Waals surface area contributed by atoms with Crippen molar-refractivity contribution in [2.45, 2.75) is 38.0 Å².